The van der Waals surface area contributed by atoms with E-state index in [-0.39, 0.29) is 30.0 Å². The van der Waals surface area contributed by atoms with Crippen LogP contribution in [-0.2, 0) is 14.8 Å². The maximum atomic E-state index is 13.0. The summed E-state index contributed by atoms with van der Waals surface area (Å²) in [6, 6.07) is 10.1. The highest BCUT2D eigenvalue weighted by Crippen LogP contribution is 2.37. The monoisotopic (exact) mass is 454 g/mol. The minimum atomic E-state index is -3.72. The molecular formula is C20H23ClN2O4S2. The van der Waals surface area contributed by atoms with E-state index in [4.69, 9.17) is 16.3 Å². The fraction of sp³-hybridized carbons (Fsp3) is 0.350. The van der Waals surface area contributed by atoms with E-state index >= 15 is 0 Å². The Morgan fingerprint density at radius 2 is 2.07 bits per heavy atom. The van der Waals surface area contributed by atoms with Gasteiger partial charge in [-0.15, -0.1) is 11.8 Å². The second-order valence-corrected chi connectivity index (χ2v) is 10.1. The first-order valence-corrected chi connectivity index (χ1v) is 12.0. The molecule has 29 heavy (non-hydrogen) atoms. The van der Waals surface area contributed by atoms with Gasteiger partial charge in [0.25, 0.3) is 5.91 Å². The van der Waals surface area contributed by atoms with Crippen LogP contribution < -0.4 is 10.0 Å². The van der Waals surface area contributed by atoms with Gasteiger partial charge in [-0.3, -0.25) is 4.79 Å². The van der Waals surface area contributed by atoms with Gasteiger partial charge < -0.3 is 10.1 Å². The Morgan fingerprint density at radius 3 is 2.83 bits per heavy atom. The van der Waals surface area contributed by atoms with Gasteiger partial charge in [0, 0.05) is 34.9 Å². The van der Waals surface area contributed by atoms with Crippen molar-refractivity contribution < 1.29 is 17.9 Å². The number of aryl methyl sites for hydroxylation is 1. The van der Waals surface area contributed by atoms with Gasteiger partial charge in [0.2, 0.25) is 10.0 Å². The van der Waals surface area contributed by atoms with Crippen LogP contribution in [0.5, 0.6) is 0 Å². The predicted octanol–water partition coefficient (Wildman–Crippen LogP) is 3.54. The molecule has 1 aliphatic heterocycles. The summed E-state index contributed by atoms with van der Waals surface area (Å²) in [6.07, 6.45) is 0.777. The Morgan fingerprint density at radius 1 is 1.28 bits per heavy atom. The van der Waals surface area contributed by atoms with Crippen LogP contribution in [0.15, 0.2) is 46.2 Å². The summed E-state index contributed by atoms with van der Waals surface area (Å²) in [7, 11) is -2.23. The van der Waals surface area contributed by atoms with E-state index < -0.39 is 10.0 Å². The van der Waals surface area contributed by atoms with E-state index in [0.717, 1.165) is 22.6 Å². The number of nitrogens with one attached hydrogen (secondary N) is 2. The van der Waals surface area contributed by atoms with Gasteiger partial charge in [0.05, 0.1) is 17.5 Å². The summed E-state index contributed by atoms with van der Waals surface area (Å²) in [5, 5.41) is 3.67. The number of sulfonamides is 1. The zero-order chi connectivity index (χ0) is 21.0. The highest BCUT2D eigenvalue weighted by Gasteiger charge is 2.24. The van der Waals surface area contributed by atoms with Crippen LogP contribution >= 0.6 is 23.4 Å². The number of benzene rings is 2. The number of amides is 1. The molecule has 0 aliphatic carbocycles. The van der Waals surface area contributed by atoms with Gasteiger partial charge in [-0.1, -0.05) is 17.7 Å². The Kier molecular flexibility index (Phi) is 7.23. The van der Waals surface area contributed by atoms with E-state index in [1.807, 2.05) is 18.2 Å². The molecule has 0 fully saturated rings. The second kappa shape index (κ2) is 9.49. The zero-order valence-corrected chi connectivity index (χ0v) is 18.6. The van der Waals surface area contributed by atoms with Crippen molar-refractivity contribution in [3.63, 3.8) is 0 Å². The lowest BCUT2D eigenvalue weighted by Crippen LogP contribution is -2.32. The first kappa shape index (κ1) is 22.1. The number of ether oxygens (including phenoxy) is 1. The van der Waals surface area contributed by atoms with Crippen LogP contribution in [0, 0.1) is 6.92 Å². The molecule has 6 nitrogen and oxygen atoms in total. The number of fused-ring (bicyclic) bond motifs is 1. The number of hydrogen-bond acceptors (Lipinski definition) is 5. The quantitative estimate of drug-likeness (QED) is 0.625. The Balaban J connectivity index is 1.83. The van der Waals surface area contributed by atoms with Crippen molar-refractivity contribution in [3.05, 3.63) is 58.1 Å². The van der Waals surface area contributed by atoms with Crippen LogP contribution in [0.4, 0.5) is 0 Å². The van der Waals surface area contributed by atoms with E-state index in [1.54, 1.807) is 24.8 Å². The molecule has 2 N–H and O–H groups in total. The summed E-state index contributed by atoms with van der Waals surface area (Å²) in [5.41, 5.74) is 2.03. The number of rotatable bonds is 7. The van der Waals surface area contributed by atoms with Crippen molar-refractivity contribution in [2.45, 2.75) is 29.2 Å². The van der Waals surface area contributed by atoms with Crippen molar-refractivity contribution in [2.24, 2.45) is 0 Å². The highest BCUT2D eigenvalue weighted by atomic mass is 35.5. The lowest BCUT2D eigenvalue weighted by Gasteiger charge is -2.26. The molecule has 2 aromatic rings. The third-order valence-corrected chi connectivity index (χ3v) is 7.50. The topological polar surface area (TPSA) is 84.5 Å². The van der Waals surface area contributed by atoms with Crippen LogP contribution in [0.1, 0.15) is 33.9 Å². The van der Waals surface area contributed by atoms with Crippen LogP contribution in [-0.4, -0.2) is 40.3 Å². The fourth-order valence-electron chi connectivity index (χ4n) is 3.13. The van der Waals surface area contributed by atoms with Gasteiger partial charge in [-0.25, -0.2) is 13.1 Å². The standard InChI is InChI=1S/C20H23ClN2O4S2/c1-13-3-5-15(29(25,26)22-8-9-27-2)12-16(13)20(24)23-18-7-10-28-19-6-4-14(21)11-17(18)19/h3-6,11-12,18,22H,7-10H2,1-2H3,(H,23,24). The van der Waals surface area contributed by atoms with Gasteiger partial charge in [0.15, 0.2) is 0 Å². The van der Waals surface area contributed by atoms with Crippen LogP contribution in [0.25, 0.3) is 0 Å². The Labute approximate surface area is 180 Å². The lowest BCUT2D eigenvalue weighted by atomic mass is 10.0. The maximum absolute atomic E-state index is 13.0. The number of carbonyl (C=O) groups is 1. The number of halogens is 1. The summed E-state index contributed by atoms with van der Waals surface area (Å²) >= 11 is 7.87. The van der Waals surface area contributed by atoms with Crippen molar-refractivity contribution in [2.75, 3.05) is 26.0 Å². The molecular weight excluding hydrogens is 432 g/mol. The van der Waals surface area contributed by atoms with Crippen LogP contribution in [0.3, 0.4) is 0 Å². The molecule has 1 unspecified atom stereocenters. The molecule has 2 aromatic carbocycles. The number of thioether (sulfide) groups is 1. The molecule has 0 saturated carbocycles. The largest absolute Gasteiger partial charge is 0.383 e. The molecule has 1 amide bonds. The molecule has 0 aromatic heterocycles. The van der Waals surface area contributed by atoms with Gasteiger partial charge in [-0.2, -0.15) is 0 Å². The molecule has 1 atom stereocenters. The molecule has 1 heterocycles. The van der Waals surface area contributed by atoms with E-state index in [0.29, 0.717) is 16.1 Å². The summed E-state index contributed by atoms with van der Waals surface area (Å²) in [6.45, 7) is 2.21. The van der Waals surface area contributed by atoms with Crippen molar-refractivity contribution in [1.29, 1.82) is 0 Å². The van der Waals surface area contributed by atoms with Gasteiger partial charge in [0.1, 0.15) is 0 Å². The second-order valence-electron chi connectivity index (χ2n) is 6.71. The lowest BCUT2D eigenvalue weighted by molar-refractivity contribution is 0.0934. The molecule has 0 radical (unpaired) electrons. The number of hydrogen-bond donors (Lipinski definition) is 2. The molecule has 0 spiro atoms. The van der Waals surface area contributed by atoms with Crippen molar-refractivity contribution in [1.82, 2.24) is 10.0 Å². The zero-order valence-electron chi connectivity index (χ0n) is 16.2. The average molecular weight is 455 g/mol. The molecule has 3 rings (SSSR count). The van der Waals surface area contributed by atoms with Crippen molar-refractivity contribution >= 4 is 39.3 Å². The van der Waals surface area contributed by atoms with Crippen LogP contribution in [0.2, 0.25) is 5.02 Å². The third kappa shape index (κ3) is 5.32. The SMILES string of the molecule is COCCNS(=O)(=O)c1ccc(C)c(C(=O)NC2CCSc3ccc(Cl)cc32)c1. The third-order valence-electron chi connectivity index (χ3n) is 4.68. The van der Waals surface area contributed by atoms with Gasteiger partial charge in [-0.05, 0) is 54.8 Å². The molecule has 0 saturated heterocycles. The minimum absolute atomic E-state index is 0.0481. The summed E-state index contributed by atoms with van der Waals surface area (Å²) < 4.78 is 32.3. The first-order valence-electron chi connectivity index (χ1n) is 9.14. The minimum Gasteiger partial charge on any atom is -0.383 e. The maximum Gasteiger partial charge on any atom is 0.252 e. The summed E-state index contributed by atoms with van der Waals surface area (Å²) in [4.78, 5) is 14.1. The molecule has 9 heteroatoms. The smallest absolute Gasteiger partial charge is 0.252 e. The van der Waals surface area contributed by atoms with Gasteiger partial charge >= 0.3 is 0 Å². The van der Waals surface area contributed by atoms with E-state index in [9.17, 15) is 13.2 Å². The van der Waals surface area contributed by atoms with E-state index in [2.05, 4.69) is 10.0 Å². The molecule has 1 aliphatic rings. The first-order chi connectivity index (χ1) is 13.8. The Bertz CT molecular complexity index is 1010. The average Bonchev–Trinajstić information content (AvgIpc) is 2.68. The summed E-state index contributed by atoms with van der Waals surface area (Å²) in [5.74, 6) is 0.579. The number of carbonyl (C=O) groups excluding carboxylic acids is 1. The Hall–Kier alpha value is -1.58. The normalized spacial score (nSPS) is 16.3. The van der Waals surface area contributed by atoms with Crippen molar-refractivity contribution in [3.8, 4) is 0 Å². The van der Waals surface area contributed by atoms with E-state index in [1.165, 1.54) is 19.2 Å². The highest BCUT2D eigenvalue weighted by molar-refractivity contribution is 7.99. The molecule has 156 valence electrons. The fourth-order valence-corrected chi connectivity index (χ4v) is 5.45. The molecule has 0 bridgehead atoms. The predicted molar refractivity (Wildman–Crippen MR) is 115 cm³/mol. The number of methoxy groups -OCH3 is 1.